The standard InChI is InChI=1S/C37H34N10O19S6/c1-64-30-16-20(38)2-12-27(30)43-41-21-3-5-23(6-4-21)47-68(51,52)24-9-7-22(8-10-24)42-46-36-33(71(59,60)61)18-26-31(69(53,54)55)19-29(35(39)34(26)37(36)48)45-44-28-13-11-25(17-32(28)70(56,57)58)67(49,50)15-14-65-72(62,63)66-40/h2-13,16-19,47-48H,14-15,38-40H2,1H3,(H,53,54,55)(H,56,57,58)(H,59,60,61). The van der Waals surface area contributed by atoms with Gasteiger partial charge >= 0.3 is 10.4 Å². The van der Waals surface area contributed by atoms with Gasteiger partial charge in [0.15, 0.2) is 15.6 Å². The molecule has 0 fully saturated rings. The van der Waals surface area contributed by atoms with Crippen molar-refractivity contribution >= 4 is 123 Å². The predicted molar refractivity (Wildman–Crippen MR) is 252 cm³/mol. The van der Waals surface area contributed by atoms with Crippen molar-refractivity contribution in [3.63, 3.8) is 0 Å². The molecular weight excluding hydrogens is 1080 g/mol. The number of methoxy groups -OCH3 is 1. The average Bonchev–Trinajstić information content (AvgIpc) is 3.29. The van der Waals surface area contributed by atoms with Crippen LogP contribution in [0.25, 0.3) is 10.8 Å². The fourth-order valence-corrected chi connectivity index (χ4v) is 10.8. The molecule has 0 saturated carbocycles. The number of nitrogens with one attached hydrogen (secondary N) is 1. The number of phenolic OH excluding ortho intramolecular Hbond substituents is 1. The number of sulfone groups is 1. The second-order valence-corrected chi connectivity index (χ2v) is 23.4. The molecule has 6 rings (SSSR count). The maximum Gasteiger partial charge on any atom is 0.415 e. The minimum absolute atomic E-state index is 0.125. The number of nitrogens with two attached hydrogens (primary N) is 3. The van der Waals surface area contributed by atoms with Crippen molar-refractivity contribution in [3.05, 3.63) is 97.1 Å². The first kappa shape index (κ1) is 54.2. The number of aromatic hydroxyl groups is 1. The van der Waals surface area contributed by atoms with Crippen LogP contribution >= 0.6 is 0 Å². The van der Waals surface area contributed by atoms with Crippen LogP contribution in [0.5, 0.6) is 11.5 Å². The number of nitrogen functional groups attached to an aromatic ring is 2. The maximum atomic E-state index is 13.2. The Morgan fingerprint density at radius 1 is 0.583 bits per heavy atom. The molecule has 11 N–H and O–H groups in total. The van der Waals surface area contributed by atoms with Crippen LogP contribution in [0.3, 0.4) is 0 Å². The number of anilines is 3. The molecule has 6 aromatic rings. The smallest absolute Gasteiger partial charge is 0.415 e. The zero-order chi connectivity index (χ0) is 53.2. The number of phenols is 1. The van der Waals surface area contributed by atoms with Gasteiger partial charge in [-0.2, -0.15) is 54.1 Å². The lowest BCUT2D eigenvalue weighted by Gasteiger charge is -2.14. The number of rotatable bonds is 19. The quantitative estimate of drug-likeness (QED) is 0.0217. The summed E-state index contributed by atoms with van der Waals surface area (Å²) in [4.78, 5) is -4.87. The van der Waals surface area contributed by atoms with E-state index in [0.717, 1.165) is 30.3 Å². The Balaban J connectivity index is 1.32. The van der Waals surface area contributed by atoms with E-state index in [9.17, 15) is 69.3 Å². The fourth-order valence-electron chi connectivity index (χ4n) is 6.07. The zero-order valence-electron chi connectivity index (χ0n) is 35.9. The van der Waals surface area contributed by atoms with Gasteiger partial charge in [0, 0.05) is 22.8 Å². The van der Waals surface area contributed by atoms with Gasteiger partial charge in [-0.05, 0) is 91.0 Å². The van der Waals surface area contributed by atoms with Gasteiger partial charge in [0.2, 0.25) is 0 Å². The molecule has 0 heterocycles. The highest BCUT2D eigenvalue weighted by Gasteiger charge is 2.29. The highest BCUT2D eigenvalue weighted by Crippen LogP contribution is 2.48. The lowest BCUT2D eigenvalue weighted by Crippen LogP contribution is -2.19. The summed E-state index contributed by atoms with van der Waals surface area (Å²) in [6.07, 6.45) is 0. The van der Waals surface area contributed by atoms with Gasteiger partial charge in [-0.3, -0.25) is 18.4 Å². The number of benzene rings is 6. The molecule has 0 bridgehead atoms. The first-order valence-electron chi connectivity index (χ1n) is 19.0. The first-order valence-corrected chi connectivity index (χ1v) is 27.8. The Morgan fingerprint density at radius 2 is 1.12 bits per heavy atom. The number of hydrogen-bond donors (Lipinski definition) is 8. The average molecular weight is 1120 g/mol. The van der Waals surface area contributed by atoms with Crippen LogP contribution in [0.4, 0.5) is 51.2 Å². The van der Waals surface area contributed by atoms with Gasteiger partial charge in [-0.25, -0.2) is 21.0 Å². The van der Waals surface area contributed by atoms with Crippen LogP contribution in [-0.4, -0.2) is 88.7 Å². The summed E-state index contributed by atoms with van der Waals surface area (Å²) < 4.78 is 195. The minimum Gasteiger partial charge on any atom is -0.505 e. The van der Waals surface area contributed by atoms with Crippen molar-refractivity contribution < 1.29 is 82.5 Å². The third kappa shape index (κ3) is 12.6. The normalized spacial score (nSPS) is 13.1. The molecule has 0 unspecified atom stereocenters. The molecule has 29 nitrogen and oxygen atoms in total. The van der Waals surface area contributed by atoms with Crippen molar-refractivity contribution in [2.24, 2.45) is 36.6 Å². The van der Waals surface area contributed by atoms with Gasteiger partial charge in [-0.1, -0.05) is 0 Å². The third-order valence-corrected chi connectivity index (χ3v) is 15.8. The molecule has 0 atom stereocenters. The topological polar surface area (TPSA) is 478 Å². The molecule has 0 spiro atoms. The molecule has 0 amide bonds. The summed E-state index contributed by atoms with van der Waals surface area (Å²) in [7, 11) is -28.5. The van der Waals surface area contributed by atoms with E-state index in [2.05, 4.69) is 49.8 Å². The molecule has 0 saturated heterocycles. The predicted octanol–water partition coefficient (Wildman–Crippen LogP) is 5.43. The summed E-state index contributed by atoms with van der Waals surface area (Å²) >= 11 is 0. The molecule has 0 aliphatic rings. The monoisotopic (exact) mass is 1110 g/mol. The van der Waals surface area contributed by atoms with E-state index in [-0.39, 0.29) is 16.3 Å². The molecule has 0 aliphatic carbocycles. The van der Waals surface area contributed by atoms with Gasteiger partial charge in [0.1, 0.15) is 43.2 Å². The van der Waals surface area contributed by atoms with Crippen LogP contribution in [0.1, 0.15) is 0 Å². The summed E-state index contributed by atoms with van der Waals surface area (Å²) in [6, 6.07) is 17.6. The zero-order valence-corrected chi connectivity index (χ0v) is 40.8. The summed E-state index contributed by atoms with van der Waals surface area (Å²) in [5, 5.41) is 32.7. The van der Waals surface area contributed by atoms with E-state index in [4.69, 9.17) is 16.2 Å². The Labute approximate surface area is 408 Å². The highest BCUT2D eigenvalue weighted by molar-refractivity contribution is 7.92. The van der Waals surface area contributed by atoms with Crippen molar-refractivity contribution in [3.8, 4) is 11.5 Å². The lowest BCUT2D eigenvalue weighted by molar-refractivity contribution is 0.227. The number of sulfonamides is 1. The van der Waals surface area contributed by atoms with E-state index in [1.807, 2.05) is 0 Å². The molecule has 0 aromatic heterocycles. The Kier molecular flexibility index (Phi) is 15.4. The Bertz CT molecular complexity index is 3940. The molecule has 0 aliphatic heterocycles. The lowest BCUT2D eigenvalue weighted by atomic mass is 10.0. The molecule has 72 heavy (non-hydrogen) atoms. The van der Waals surface area contributed by atoms with Crippen LogP contribution in [0.15, 0.2) is 152 Å². The number of hydrogen-bond acceptors (Lipinski definition) is 25. The molecule has 6 aromatic carbocycles. The number of fused-ring (bicyclic) bond motifs is 1. The van der Waals surface area contributed by atoms with Gasteiger partial charge in [-0.15, -0.1) is 20.5 Å². The fraction of sp³-hybridized carbons (Fsp3) is 0.0811. The van der Waals surface area contributed by atoms with Crippen molar-refractivity contribution in [2.75, 3.05) is 35.7 Å². The van der Waals surface area contributed by atoms with Crippen molar-refractivity contribution in [1.82, 2.24) is 0 Å². The molecule has 35 heteroatoms. The summed E-state index contributed by atoms with van der Waals surface area (Å²) in [6.45, 7) is -1.06. The largest absolute Gasteiger partial charge is 0.505 e. The Hall–Kier alpha value is -7.16. The van der Waals surface area contributed by atoms with Crippen molar-refractivity contribution in [1.29, 1.82) is 0 Å². The van der Waals surface area contributed by atoms with Gasteiger partial charge < -0.3 is 21.3 Å². The van der Waals surface area contributed by atoms with E-state index < -0.39 is 132 Å². The second kappa shape index (κ2) is 20.5. The van der Waals surface area contributed by atoms with Crippen molar-refractivity contribution in [2.45, 2.75) is 24.5 Å². The number of ether oxygens (including phenoxy) is 1. The third-order valence-electron chi connectivity index (χ3n) is 9.41. The van der Waals surface area contributed by atoms with E-state index >= 15 is 0 Å². The van der Waals surface area contributed by atoms with Gasteiger partial charge in [0.25, 0.3) is 40.4 Å². The highest BCUT2D eigenvalue weighted by atomic mass is 32.3. The SMILES string of the molecule is COc1cc(N)ccc1N=Nc1ccc(NS(=O)(=O)c2ccc(N=Nc3c(S(=O)(=O)O)cc4c(S(=O)(=O)O)cc(N=Nc5ccc(S(=O)(=O)CCOS(=O)(=O)ON)cc5S(=O)(=O)O)c(N)c4c3O)cc2)cc1. The number of azo groups is 3. The first-order chi connectivity index (χ1) is 33.4. The van der Waals surface area contributed by atoms with E-state index in [1.165, 1.54) is 31.4 Å². The molecule has 0 radical (unpaired) electrons. The van der Waals surface area contributed by atoms with E-state index in [1.54, 1.807) is 18.2 Å². The maximum absolute atomic E-state index is 13.2. The molecule has 382 valence electrons. The number of nitrogens with zero attached hydrogens (tertiary/aromatic N) is 6. The Morgan fingerprint density at radius 3 is 1.71 bits per heavy atom. The van der Waals surface area contributed by atoms with Crippen LogP contribution < -0.4 is 26.8 Å². The van der Waals surface area contributed by atoms with Gasteiger partial charge in [0.05, 0.1) is 51.7 Å². The second-order valence-electron chi connectivity index (χ2n) is 14.2. The summed E-state index contributed by atoms with van der Waals surface area (Å²) in [5.74, 6) is 2.48. The minimum atomic E-state index is -5.46. The van der Waals surface area contributed by atoms with E-state index in [0.29, 0.717) is 47.1 Å². The summed E-state index contributed by atoms with van der Waals surface area (Å²) in [5.41, 5.74) is 9.59. The molecular formula is C37H34N10O19S6. The van der Waals surface area contributed by atoms with Crippen LogP contribution in [-0.2, 0) is 69.1 Å². The van der Waals surface area contributed by atoms with Crippen LogP contribution in [0.2, 0.25) is 0 Å². The van der Waals surface area contributed by atoms with Crippen LogP contribution in [0, 0.1) is 0 Å².